The number of hydrogen-bond donors (Lipinski definition) is 1. The van der Waals surface area contributed by atoms with Gasteiger partial charge in [-0.3, -0.25) is 10.1 Å². The molecule has 0 atom stereocenters. The first-order chi connectivity index (χ1) is 13.6. The van der Waals surface area contributed by atoms with Gasteiger partial charge in [0, 0.05) is 16.5 Å². The molecule has 7 nitrogen and oxygen atoms in total. The summed E-state index contributed by atoms with van der Waals surface area (Å²) in [6, 6.07) is 11.4. The Morgan fingerprint density at radius 1 is 1.18 bits per heavy atom. The van der Waals surface area contributed by atoms with Crippen LogP contribution in [0.4, 0.5) is 5.95 Å². The molecule has 0 aliphatic rings. The lowest BCUT2D eigenvalue weighted by Gasteiger charge is -2.05. The molecule has 0 unspecified atom stereocenters. The van der Waals surface area contributed by atoms with Gasteiger partial charge in [0.15, 0.2) is 12.0 Å². The quantitative estimate of drug-likeness (QED) is 0.492. The van der Waals surface area contributed by atoms with Gasteiger partial charge in [0.1, 0.15) is 5.52 Å². The van der Waals surface area contributed by atoms with Gasteiger partial charge in [-0.2, -0.15) is 4.98 Å². The molecule has 3 aromatic heterocycles. The van der Waals surface area contributed by atoms with E-state index in [1.807, 2.05) is 5.38 Å². The van der Waals surface area contributed by atoms with E-state index in [-0.39, 0.29) is 11.9 Å². The lowest BCUT2D eigenvalue weighted by Crippen LogP contribution is -2.13. The van der Waals surface area contributed by atoms with E-state index in [0.717, 1.165) is 16.2 Å². The summed E-state index contributed by atoms with van der Waals surface area (Å²) in [6.07, 6.45) is 1.35. The Bertz CT molecular complexity index is 1350. The zero-order valence-electron chi connectivity index (χ0n) is 15.1. The summed E-state index contributed by atoms with van der Waals surface area (Å²) < 4.78 is 6.97. The second kappa shape index (κ2) is 6.28. The number of anilines is 1. The van der Waals surface area contributed by atoms with Crippen molar-refractivity contribution in [3.63, 3.8) is 0 Å². The Labute approximate surface area is 163 Å². The minimum atomic E-state index is -0.295. The van der Waals surface area contributed by atoms with Gasteiger partial charge < -0.3 is 4.42 Å². The first kappa shape index (κ1) is 16.6. The summed E-state index contributed by atoms with van der Waals surface area (Å²) >= 11 is 1.48. The minimum Gasteiger partial charge on any atom is -0.443 e. The molecule has 0 fully saturated rings. The van der Waals surface area contributed by atoms with E-state index < -0.39 is 0 Å². The van der Waals surface area contributed by atoms with E-state index in [0.29, 0.717) is 16.7 Å². The van der Waals surface area contributed by atoms with Crippen molar-refractivity contribution in [2.24, 2.45) is 0 Å². The molecule has 1 N–H and O–H groups in total. The lowest BCUT2D eigenvalue weighted by atomic mass is 10.0. The third-order valence-corrected chi connectivity index (χ3v) is 5.37. The summed E-state index contributed by atoms with van der Waals surface area (Å²) in [4.78, 5) is 21.8. The van der Waals surface area contributed by atoms with E-state index in [4.69, 9.17) is 4.42 Å². The molecular formula is C20H15N5O2S. The van der Waals surface area contributed by atoms with Gasteiger partial charge >= 0.3 is 0 Å². The predicted molar refractivity (Wildman–Crippen MR) is 108 cm³/mol. The van der Waals surface area contributed by atoms with E-state index in [2.05, 4.69) is 52.4 Å². The highest BCUT2D eigenvalue weighted by Gasteiger charge is 2.16. The van der Waals surface area contributed by atoms with Crippen LogP contribution in [0.1, 0.15) is 21.5 Å². The predicted octanol–water partition coefficient (Wildman–Crippen LogP) is 4.47. The second-order valence-corrected chi connectivity index (χ2v) is 7.39. The molecule has 0 bridgehead atoms. The minimum absolute atomic E-state index is 0.267. The number of thiazole rings is 1. The van der Waals surface area contributed by atoms with Crippen LogP contribution >= 0.6 is 11.3 Å². The number of nitrogens with one attached hydrogen (secondary N) is 1. The zero-order chi connectivity index (χ0) is 19.3. The van der Waals surface area contributed by atoms with E-state index in [1.165, 1.54) is 28.9 Å². The number of oxazole rings is 1. The van der Waals surface area contributed by atoms with E-state index in [1.54, 1.807) is 22.7 Å². The van der Waals surface area contributed by atoms with Crippen molar-refractivity contribution in [1.82, 2.24) is 19.6 Å². The monoisotopic (exact) mass is 389 g/mol. The van der Waals surface area contributed by atoms with Crippen LogP contribution < -0.4 is 5.32 Å². The maximum Gasteiger partial charge on any atom is 0.258 e. The van der Waals surface area contributed by atoms with Gasteiger partial charge in [0.25, 0.3) is 11.9 Å². The number of fused-ring (bicyclic) bond motifs is 2. The van der Waals surface area contributed by atoms with Gasteiger partial charge in [-0.1, -0.05) is 23.8 Å². The van der Waals surface area contributed by atoms with Crippen molar-refractivity contribution in [1.29, 1.82) is 0 Å². The van der Waals surface area contributed by atoms with Crippen LogP contribution in [0.15, 0.2) is 52.6 Å². The third-order valence-electron chi connectivity index (χ3n) is 4.56. The van der Waals surface area contributed by atoms with Crippen molar-refractivity contribution < 1.29 is 9.21 Å². The molecule has 3 heterocycles. The fourth-order valence-electron chi connectivity index (χ4n) is 3.19. The van der Waals surface area contributed by atoms with Gasteiger partial charge in [-0.05, 0) is 37.6 Å². The summed E-state index contributed by atoms with van der Waals surface area (Å²) in [5.74, 6) is -0.0284. The third kappa shape index (κ3) is 2.74. The number of aryl methyl sites for hydroxylation is 2. The highest BCUT2D eigenvalue weighted by atomic mass is 32.1. The molecule has 8 heteroatoms. The molecule has 0 spiro atoms. The van der Waals surface area contributed by atoms with Crippen LogP contribution in [-0.2, 0) is 0 Å². The molecule has 0 aliphatic carbocycles. The van der Waals surface area contributed by atoms with Crippen LogP contribution in [0, 0.1) is 13.8 Å². The molecule has 2 aromatic carbocycles. The first-order valence-electron chi connectivity index (χ1n) is 8.65. The number of amides is 1. The molecule has 0 aliphatic heterocycles. The van der Waals surface area contributed by atoms with Crippen molar-refractivity contribution in [2.75, 3.05) is 5.32 Å². The average molecular weight is 389 g/mol. The van der Waals surface area contributed by atoms with Crippen molar-refractivity contribution in [3.05, 3.63) is 64.9 Å². The number of hydrogen-bond acceptors (Lipinski definition) is 6. The van der Waals surface area contributed by atoms with Crippen LogP contribution in [-0.4, -0.2) is 25.5 Å². The number of rotatable bonds is 3. The Morgan fingerprint density at radius 3 is 2.93 bits per heavy atom. The molecule has 0 saturated carbocycles. The summed E-state index contributed by atoms with van der Waals surface area (Å²) in [5, 5.41) is 9.26. The van der Waals surface area contributed by atoms with E-state index in [9.17, 15) is 4.79 Å². The molecule has 0 saturated heterocycles. The van der Waals surface area contributed by atoms with Crippen molar-refractivity contribution in [3.8, 4) is 11.3 Å². The maximum atomic E-state index is 12.6. The van der Waals surface area contributed by atoms with Gasteiger partial charge in [-0.15, -0.1) is 16.4 Å². The molecule has 0 radical (unpaired) electrons. The number of carbonyl (C=O) groups is 1. The fourth-order valence-corrected chi connectivity index (χ4v) is 4.02. The second-order valence-electron chi connectivity index (χ2n) is 6.56. The number of nitrogens with zero attached hydrogens (tertiary/aromatic N) is 4. The molecule has 5 rings (SSSR count). The highest BCUT2D eigenvalue weighted by Crippen LogP contribution is 2.29. The fraction of sp³-hybridized carbons (Fsp3) is 0.100. The average Bonchev–Trinajstić information content (AvgIpc) is 3.37. The van der Waals surface area contributed by atoms with Gasteiger partial charge in [0.05, 0.1) is 5.69 Å². The Balaban J connectivity index is 1.47. The molecule has 138 valence electrons. The summed E-state index contributed by atoms with van der Waals surface area (Å²) in [6.45, 7) is 4.14. The standard InChI is InChI=1S/C20H15N5O2S/c1-11-3-5-14(12(2)7-11)16-9-28-20-23-19(24-25(16)20)22-18(26)13-4-6-17-15(8-13)21-10-27-17/h3-10H,1-2H3,(H,22,24,26). The maximum absolute atomic E-state index is 12.6. The molecule has 1 amide bonds. The van der Waals surface area contributed by atoms with Crippen molar-refractivity contribution >= 4 is 39.3 Å². The molecule has 5 aromatic rings. The normalized spacial score (nSPS) is 11.4. The van der Waals surface area contributed by atoms with Crippen molar-refractivity contribution in [2.45, 2.75) is 13.8 Å². The number of benzene rings is 2. The number of carbonyl (C=O) groups excluding carboxylic acids is 1. The first-order valence-corrected chi connectivity index (χ1v) is 9.53. The molecular weight excluding hydrogens is 374 g/mol. The summed E-state index contributed by atoms with van der Waals surface area (Å²) in [7, 11) is 0. The summed E-state index contributed by atoms with van der Waals surface area (Å²) in [5.41, 5.74) is 6.16. The Hall–Kier alpha value is -3.52. The van der Waals surface area contributed by atoms with E-state index >= 15 is 0 Å². The van der Waals surface area contributed by atoms with Gasteiger partial charge in [-0.25, -0.2) is 9.50 Å². The van der Waals surface area contributed by atoms with Crippen LogP contribution in [0.5, 0.6) is 0 Å². The molecule has 28 heavy (non-hydrogen) atoms. The highest BCUT2D eigenvalue weighted by molar-refractivity contribution is 7.15. The topological polar surface area (TPSA) is 85.3 Å². The Kier molecular flexibility index (Phi) is 3.73. The van der Waals surface area contributed by atoms with Gasteiger partial charge in [0.2, 0.25) is 4.96 Å². The van der Waals surface area contributed by atoms with Crippen LogP contribution in [0.25, 0.3) is 27.3 Å². The zero-order valence-corrected chi connectivity index (χ0v) is 15.9. The SMILES string of the molecule is Cc1ccc(-c2csc3nc(NC(=O)c4ccc5ocnc5c4)nn23)c(C)c1. The van der Waals surface area contributed by atoms with Crippen LogP contribution in [0.2, 0.25) is 0 Å². The Morgan fingerprint density at radius 2 is 2.07 bits per heavy atom. The van der Waals surface area contributed by atoms with Crippen LogP contribution in [0.3, 0.4) is 0 Å². The smallest absolute Gasteiger partial charge is 0.258 e. The number of aromatic nitrogens is 4. The lowest BCUT2D eigenvalue weighted by molar-refractivity contribution is 0.102. The largest absolute Gasteiger partial charge is 0.443 e.